The van der Waals surface area contributed by atoms with Crippen molar-refractivity contribution in [1.82, 2.24) is 20.3 Å². The number of fused-ring (bicyclic) bond motifs is 1. The van der Waals surface area contributed by atoms with Crippen LogP contribution in [0.2, 0.25) is 0 Å². The topological polar surface area (TPSA) is 87.1 Å². The van der Waals surface area contributed by atoms with Crippen molar-refractivity contribution in [2.24, 2.45) is 0 Å². The molecule has 7 heteroatoms. The Kier molecular flexibility index (Phi) is 3.89. The largest absolute Gasteiger partial charge is 0.497 e. The molecule has 0 atom stereocenters. The molecule has 0 N–H and O–H groups in total. The molecule has 7 nitrogen and oxygen atoms in total. The number of hydrogen-bond donors (Lipinski definition) is 0. The highest BCUT2D eigenvalue weighted by Crippen LogP contribution is 2.24. The first kappa shape index (κ1) is 15.3. The van der Waals surface area contributed by atoms with Gasteiger partial charge >= 0.3 is 0 Å². The van der Waals surface area contributed by atoms with E-state index in [9.17, 15) is 0 Å². The smallest absolute Gasteiger partial charge is 0.257 e. The number of benzene rings is 1. The van der Waals surface area contributed by atoms with Gasteiger partial charge in [0, 0.05) is 12.6 Å². The second kappa shape index (κ2) is 6.35. The Labute approximate surface area is 143 Å². The second-order valence-corrected chi connectivity index (χ2v) is 5.69. The minimum absolute atomic E-state index is 0.444. The van der Waals surface area contributed by atoms with E-state index in [1.165, 1.54) is 5.56 Å². The molecule has 0 unspecified atom stereocenters. The fourth-order valence-electron chi connectivity index (χ4n) is 2.58. The van der Waals surface area contributed by atoms with Gasteiger partial charge in [-0.3, -0.25) is 0 Å². The lowest BCUT2D eigenvalue weighted by Crippen LogP contribution is -1.92. The minimum atomic E-state index is 0.444. The molecule has 0 amide bonds. The maximum absolute atomic E-state index is 5.76. The molecular formula is C18H16N4O3. The molecular weight excluding hydrogens is 320 g/mol. The number of methoxy groups -OCH3 is 1. The predicted octanol–water partition coefficient (Wildman–Crippen LogP) is 3.38. The standard InChI is InChI=1S/C18H16N4O3/c1-11-15-9-13(10-19-18(15)25-22-11)17-21-20-16(24-17)8-5-12-3-6-14(23-2)7-4-12/h3-4,6-7,9-10H,5,8H2,1-2H3. The molecule has 4 rings (SSSR count). The third kappa shape index (κ3) is 3.08. The highest BCUT2D eigenvalue weighted by atomic mass is 16.5. The van der Waals surface area contributed by atoms with Crippen LogP contribution in [0.5, 0.6) is 5.75 Å². The Bertz CT molecular complexity index is 1000. The Hall–Kier alpha value is -3.22. The number of pyridine rings is 1. The third-order valence-corrected chi connectivity index (χ3v) is 4.01. The molecule has 1 aromatic carbocycles. The normalized spacial score (nSPS) is 11.1. The van der Waals surface area contributed by atoms with Crippen LogP contribution in [0.3, 0.4) is 0 Å². The van der Waals surface area contributed by atoms with Crippen LogP contribution in [0.4, 0.5) is 0 Å². The summed E-state index contributed by atoms with van der Waals surface area (Å²) in [7, 11) is 1.66. The molecule has 0 radical (unpaired) electrons. The Morgan fingerprint density at radius 3 is 2.72 bits per heavy atom. The molecule has 3 aromatic heterocycles. The molecule has 0 aliphatic heterocycles. The van der Waals surface area contributed by atoms with Crippen molar-refractivity contribution < 1.29 is 13.7 Å². The van der Waals surface area contributed by atoms with Crippen LogP contribution in [0.1, 0.15) is 17.1 Å². The molecule has 126 valence electrons. The van der Waals surface area contributed by atoms with Crippen molar-refractivity contribution in [1.29, 1.82) is 0 Å². The Morgan fingerprint density at radius 1 is 1.08 bits per heavy atom. The molecule has 25 heavy (non-hydrogen) atoms. The van der Waals surface area contributed by atoms with Crippen LogP contribution < -0.4 is 4.74 Å². The van der Waals surface area contributed by atoms with Crippen molar-refractivity contribution >= 4 is 11.1 Å². The predicted molar refractivity (Wildman–Crippen MR) is 90.2 cm³/mol. The van der Waals surface area contributed by atoms with Crippen LogP contribution in [0, 0.1) is 6.92 Å². The summed E-state index contributed by atoms with van der Waals surface area (Å²) in [5.74, 6) is 1.88. The number of ether oxygens (including phenoxy) is 1. The van der Waals surface area contributed by atoms with Crippen LogP contribution in [-0.4, -0.2) is 27.4 Å². The van der Waals surface area contributed by atoms with Gasteiger partial charge in [-0.25, -0.2) is 4.98 Å². The summed E-state index contributed by atoms with van der Waals surface area (Å²) in [5, 5.41) is 13.0. The second-order valence-electron chi connectivity index (χ2n) is 5.69. The molecule has 0 fully saturated rings. The third-order valence-electron chi connectivity index (χ3n) is 4.01. The van der Waals surface area contributed by atoms with E-state index in [0.717, 1.165) is 28.8 Å². The maximum atomic E-state index is 5.76. The highest BCUT2D eigenvalue weighted by molar-refractivity contribution is 5.79. The van der Waals surface area contributed by atoms with E-state index in [2.05, 4.69) is 20.3 Å². The molecule has 3 heterocycles. The number of nitrogens with zero attached hydrogens (tertiary/aromatic N) is 4. The van der Waals surface area contributed by atoms with E-state index >= 15 is 0 Å². The van der Waals surface area contributed by atoms with Gasteiger partial charge in [-0.2, -0.15) is 0 Å². The van der Waals surface area contributed by atoms with Gasteiger partial charge in [-0.15, -0.1) is 10.2 Å². The summed E-state index contributed by atoms with van der Waals surface area (Å²) in [5.41, 5.74) is 3.22. The zero-order valence-electron chi connectivity index (χ0n) is 13.9. The van der Waals surface area contributed by atoms with Crippen molar-refractivity contribution in [3.63, 3.8) is 0 Å². The van der Waals surface area contributed by atoms with E-state index in [1.807, 2.05) is 37.3 Å². The van der Waals surface area contributed by atoms with E-state index in [-0.39, 0.29) is 0 Å². The average Bonchev–Trinajstić information content (AvgIpc) is 3.27. The van der Waals surface area contributed by atoms with Crippen LogP contribution in [0.25, 0.3) is 22.6 Å². The van der Waals surface area contributed by atoms with Crippen LogP contribution in [0.15, 0.2) is 45.5 Å². The summed E-state index contributed by atoms with van der Waals surface area (Å²) in [4.78, 5) is 4.23. The van der Waals surface area contributed by atoms with Gasteiger partial charge in [0.15, 0.2) is 0 Å². The fourth-order valence-corrected chi connectivity index (χ4v) is 2.58. The van der Waals surface area contributed by atoms with Crippen LogP contribution >= 0.6 is 0 Å². The first-order valence-electron chi connectivity index (χ1n) is 7.90. The lowest BCUT2D eigenvalue weighted by Gasteiger charge is -2.01. The van der Waals surface area contributed by atoms with E-state index in [4.69, 9.17) is 13.7 Å². The lowest BCUT2D eigenvalue weighted by molar-refractivity contribution is 0.414. The number of hydrogen-bond acceptors (Lipinski definition) is 7. The molecule has 0 saturated heterocycles. The van der Waals surface area contributed by atoms with Gasteiger partial charge in [0.05, 0.1) is 23.8 Å². The van der Waals surface area contributed by atoms with E-state index in [0.29, 0.717) is 23.9 Å². The highest BCUT2D eigenvalue weighted by Gasteiger charge is 2.13. The minimum Gasteiger partial charge on any atom is -0.497 e. The Morgan fingerprint density at radius 2 is 1.92 bits per heavy atom. The number of aromatic nitrogens is 4. The zero-order chi connectivity index (χ0) is 17.2. The van der Waals surface area contributed by atoms with Gasteiger partial charge in [0.1, 0.15) is 5.75 Å². The van der Waals surface area contributed by atoms with Gasteiger partial charge in [0.2, 0.25) is 11.8 Å². The first-order valence-corrected chi connectivity index (χ1v) is 7.90. The van der Waals surface area contributed by atoms with Gasteiger partial charge < -0.3 is 13.7 Å². The zero-order valence-corrected chi connectivity index (χ0v) is 13.9. The van der Waals surface area contributed by atoms with Crippen LogP contribution in [-0.2, 0) is 12.8 Å². The van der Waals surface area contributed by atoms with Gasteiger partial charge in [-0.05, 0) is 37.1 Å². The fraction of sp³-hybridized carbons (Fsp3) is 0.222. The Balaban J connectivity index is 1.49. The molecule has 4 aromatic rings. The van der Waals surface area contributed by atoms with Crippen molar-refractivity contribution in [2.75, 3.05) is 7.11 Å². The molecule has 0 saturated carbocycles. The molecule has 0 spiro atoms. The van der Waals surface area contributed by atoms with E-state index in [1.54, 1.807) is 13.3 Å². The first-order chi connectivity index (χ1) is 12.2. The molecule has 0 aliphatic rings. The molecule has 0 aliphatic carbocycles. The van der Waals surface area contributed by atoms with E-state index < -0.39 is 0 Å². The number of aryl methyl sites for hydroxylation is 3. The summed E-state index contributed by atoms with van der Waals surface area (Å²) in [6.45, 7) is 1.87. The summed E-state index contributed by atoms with van der Waals surface area (Å²) < 4.78 is 16.0. The summed E-state index contributed by atoms with van der Waals surface area (Å²) >= 11 is 0. The monoisotopic (exact) mass is 336 g/mol. The molecule has 0 bridgehead atoms. The maximum Gasteiger partial charge on any atom is 0.257 e. The van der Waals surface area contributed by atoms with Gasteiger partial charge in [-0.1, -0.05) is 17.3 Å². The average molecular weight is 336 g/mol. The van der Waals surface area contributed by atoms with Crippen molar-refractivity contribution in [3.8, 4) is 17.2 Å². The number of rotatable bonds is 5. The summed E-state index contributed by atoms with van der Waals surface area (Å²) in [6.07, 6.45) is 3.13. The lowest BCUT2D eigenvalue weighted by atomic mass is 10.1. The quantitative estimate of drug-likeness (QED) is 0.552. The van der Waals surface area contributed by atoms with Gasteiger partial charge in [0.25, 0.3) is 5.71 Å². The van der Waals surface area contributed by atoms with Crippen molar-refractivity contribution in [3.05, 3.63) is 53.7 Å². The summed E-state index contributed by atoms with van der Waals surface area (Å²) in [6, 6.07) is 9.84. The SMILES string of the molecule is COc1ccc(CCc2nnc(-c3cnc4onc(C)c4c3)o2)cc1. The van der Waals surface area contributed by atoms with Crippen molar-refractivity contribution in [2.45, 2.75) is 19.8 Å².